The Kier molecular flexibility index (Phi) is 5.37. The molecule has 2 heterocycles. The van der Waals surface area contributed by atoms with Crippen LogP contribution in [0.1, 0.15) is 11.3 Å². The molecule has 0 radical (unpaired) electrons. The first kappa shape index (κ1) is 23.0. The van der Waals surface area contributed by atoms with Crippen LogP contribution in [0.3, 0.4) is 0 Å². The molecule has 0 spiro atoms. The molecule has 13 heteroatoms. The lowest BCUT2D eigenvalue weighted by Crippen LogP contribution is -2.18. The molecule has 0 fully saturated rings. The molecule has 0 atom stereocenters. The molecule has 33 heavy (non-hydrogen) atoms. The summed E-state index contributed by atoms with van der Waals surface area (Å²) in [7, 11) is 0. The highest BCUT2D eigenvalue weighted by Crippen LogP contribution is 2.40. The van der Waals surface area contributed by atoms with Gasteiger partial charge >= 0.3 is 12.4 Å². The molecular formula is C20H9Cl2F6N3O2. The van der Waals surface area contributed by atoms with Crippen molar-refractivity contribution in [2.45, 2.75) is 12.4 Å². The van der Waals surface area contributed by atoms with Crippen molar-refractivity contribution in [3.05, 3.63) is 74.3 Å². The lowest BCUT2D eigenvalue weighted by molar-refractivity contribution is -0.141. The maximum atomic E-state index is 13.7. The summed E-state index contributed by atoms with van der Waals surface area (Å²) in [6, 6.07) is 5.57. The van der Waals surface area contributed by atoms with E-state index in [0.717, 1.165) is 12.3 Å². The van der Waals surface area contributed by atoms with Gasteiger partial charge in [-0.25, -0.2) is 0 Å². The molecule has 0 aliphatic rings. The van der Waals surface area contributed by atoms with Gasteiger partial charge in [0, 0.05) is 11.8 Å². The molecule has 0 aliphatic heterocycles. The van der Waals surface area contributed by atoms with E-state index in [2.05, 4.69) is 10.1 Å². The maximum Gasteiger partial charge on any atom is 0.435 e. The first-order chi connectivity index (χ1) is 15.3. The van der Waals surface area contributed by atoms with Gasteiger partial charge in [0.05, 0.1) is 26.7 Å². The predicted molar refractivity (Wildman–Crippen MR) is 108 cm³/mol. The van der Waals surface area contributed by atoms with Crippen LogP contribution in [0, 0.1) is 0 Å². The van der Waals surface area contributed by atoms with Crippen LogP contribution in [0.5, 0.6) is 5.75 Å². The summed E-state index contributed by atoms with van der Waals surface area (Å²) >= 11 is 11.8. The third-order valence-corrected chi connectivity index (χ3v) is 5.49. The van der Waals surface area contributed by atoms with Gasteiger partial charge in [-0.2, -0.15) is 36.0 Å². The van der Waals surface area contributed by atoms with Crippen molar-refractivity contribution in [3.63, 3.8) is 0 Å². The fourth-order valence-electron chi connectivity index (χ4n) is 3.27. The number of hydrogen-bond donors (Lipinski definition) is 2. The van der Waals surface area contributed by atoms with E-state index in [9.17, 15) is 36.2 Å². The van der Waals surface area contributed by atoms with Crippen LogP contribution in [0.4, 0.5) is 26.3 Å². The van der Waals surface area contributed by atoms with Crippen molar-refractivity contribution in [2.24, 2.45) is 0 Å². The number of fused-ring (bicyclic) bond motifs is 1. The van der Waals surface area contributed by atoms with E-state index in [1.165, 1.54) is 18.2 Å². The molecule has 2 aromatic carbocycles. The van der Waals surface area contributed by atoms with E-state index in [1.54, 1.807) is 0 Å². The molecule has 0 bridgehead atoms. The molecule has 0 amide bonds. The molecule has 5 nitrogen and oxygen atoms in total. The number of aromatic hydroxyl groups is 1. The van der Waals surface area contributed by atoms with Crippen molar-refractivity contribution in [1.29, 1.82) is 0 Å². The van der Waals surface area contributed by atoms with E-state index in [1.807, 2.05) is 0 Å². The first-order valence-corrected chi connectivity index (χ1v) is 9.62. The van der Waals surface area contributed by atoms with Crippen LogP contribution < -0.4 is 5.56 Å². The normalized spacial score (nSPS) is 12.5. The lowest BCUT2D eigenvalue weighted by Gasteiger charge is -2.10. The monoisotopic (exact) mass is 507 g/mol. The largest absolute Gasteiger partial charge is 0.507 e. The summed E-state index contributed by atoms with van der Waals surface area (Å²) in [6.45, 7) is 0. The minimum atomic E-state index is -4.97. The van der Waals surface area contributed by atoms with Crippen molar-refractivity contribution in [3.8, 4) is 28.0 Å². The molecule has 0 unspecified atom stereocenters. The molecule has 4 aromatic rings. The van der Waals surface area contributed by atoms with Gasteiger partial charge in [-0.1, -0.05) is 29.3 Å². The number of nitrogens with zero attached hydrogens (tertiary/aromatic N) is 2. The van der Waals surface area contributed by atoms with Gasteiger partial charge in [0.2, 0.25) is 0 Å². The van der Waals surface area contributed by atoms with E-state index in [4.69, 9.17) is 23.2 Å². The number of H-pyrrole nitrogens is 1. The minimum absolute atomic E-state index is 0.0321. The summed E-state index contributed by atoms with van der Waals surface area (Å²) in [4.78, 5) is 15.5. The SMILES string of the molecule is O=c1c(-c2ccc(C(F)(F)F)cc2O)c[nH]c2c(-c3ccc(Cl)c(Cl)c3)c(C(F)(F)F)nn12. The maximum absolute atomic E-state index is 13.7. The third-order valence-electron chi connectivity index (χ3n) is 4.75. The van der Waals surface area contributed by atoms with E-state index < -0.39 is 46.0 Å². The van der Waals surface area contributed by atoms with Gasteiger partial charge in [-0.05, 0) is 35.9 Å². The molecule has 172 valence electrons. The summed E-state index contributed by atoms with van der Waals surface area (Å²) in [5, 5.41) is 13.5. The van der Waals surface area contributed by atoms with Crippen LogP contribution in [-0.4, -0.2) is 19.7 Å². The number of aromatic amines is 1. The second kappa shape index (κ2) is 7.70. The van der Waals surface area contributed by atoms with Crippen molar-refractivity contribution in [1.82, 2.24) is 14.6 Å². The van der Waals surface area contributed by atoms with Crippen molar-refractivity contribution in [2.75, 3.05) is 0 Å². The molecule has 4 rings (SSSR count). The fourth-order valence-corrected chi connectivity index (χ4v) is 3.56. The molecule has 0 saturated carbocycles. The molecule has 0 aliphatic carbocycles. The number of phenols is 1. The van der Waals surface area contributed by atoms with Crippen molar-refractivity contribution < 1.29 is 31.4 Å². The van der Waals surface area contributed by atoms with Crippen molar-refractivity contribution >= 4 is 28.8 Å². The van der Waals surface area contributed by atoms with Crippen LogP contribution >= 0.6 is 23.2 Å². The second-order valence-corrected chi connectivity index (χ2v) is 7.66. The Morgan fingerprint density at radius 1 is 0.909 bits per heavy atom. The highest BCUT2D eigenvalue weighted by atomic mass is 35.5. The number of aromatic nitrogens is 3. The second-order valence-electron chi connectivity index (χ2n) is 6.85. The highest BCUT2D eigenvalue weighted by molar-refractivity contribution is 6.42. The lowest BCUT2D eigenvalue weighted by atomic mass is 10.0. The summed E-state index contributed by atoms with van der Waals surface area (Å²) in [5.41, 5.74) is -5.26. The van der Waals surface area contributed by atoms with Crippen LogP contribution in [-0.2, 0) is 12.4 Å². The van der Waals surface area contributed by atoms with Crippen LogP contribution in [0.15, 0.2) is 47.4 Å². The zero-order chi connectivity index (χ0) is 24.3. The standard InChI is InChI=1S/C20H9Cl2F6N3O2/c21-12-4-1-8(5-13(12)22)15-16(20(26,27)28)30-31-17(15)29-7-11(18(31)33)10-3-2-9(6-14(10)32)19(23,24)25/h1-7,29,32H. The topological polar surface area (TPSA) is 70.4 Å². The zero-order valence-electron chi connectivity index (χ0n) is 15.8. The van der Waals surface area contributed by atoms with Gasteiger partial charge in [0.25, 0.3) is 5.56 Å². The predicted octanol–water partition coefficient (Wildman–Crippen LogP) is 6.41. The number of hydrogen-bond acceptors (Lipinski definition) is 3. The van der Waals surface area contributed by atoms with Crippen LogP contribution in [0.25, 0.3) is 27.9 Å². The van der Waals surface area contributed by atoms with Gasteiger partial charge < -0.3 is 10.1 Å². The molecule has 2 N–H and O–H groups in total. The Morgan fingerprint density at radius 2 is 1.61 bits per heavy atom. The molecular weight excluding hydrogens is 499 g/mol. The Bertz CT molecular complexity index is 1460. The van der Waals surface area contributed by atoms with Gasteiger partial charge in [0.15, 0.2) is 5.69 Å². The zero-order valence-corrected chi connectivity index (χ0v) is 17.3. The average Bonchev–Trinajstić information content (AvgIpc) is 3.11. The third kappa shape index (κ3) is 4.02. The summed E-state index contributed by atoms with van der Waals surface area (Å²) in [5.74, 6) is -0.886. The fraction of sp³-hybridized carbons (Fsp3) is 0.100. The number of nitrogens with one attached hydrogen (secondary N) is 1. The minimum Gasteiger partial charge on any atom is -0.507 e. The summed E-state index contributed by atoms with van der Waals surface area (Å²) in [6.07, 6.45) is -8.74. The van der Waals surface area contributed by atoms with Gasteiger partial charge in [-0.15, -0.1) is 0 Å². The first-order valence-electron chi connectivity index (χ1n) is 8.86. The molecule has 0 saturated heterocycles. The quantitative estimate of drug-likeness (QED) is 0.308. The highest BCUT2D eigenvalue weighted by Gasteiger charge is 2.39. The number of benzene rings is 2. The van der Waals surface area contributed by atoms with E-state index in [-0.39, 0.29) is 26.8 Å². The van der Waals surface area contributed by atoms with Gasteiger partial charge in [0.1, 0.15) is 11.4 Å². The molecule has 2 aromatic heterocycles. The van der Waals surface area contributed by atoms with E-state index >= 15 is 0 Å². The number of rotatable bonds is 2. The van der Waals surface area contributed by atoms with Gasteiger partial charge in [-0.3, -0.25) is 4.79 Å². The number of phenolic OH excluding ortho intramolecular Hbond substituents is 1. The van der Waals surface area contributed by atoms with Crippen LogP contribution in [0.2, 0.25) is 10.0 Å². The Balaban J connectivity index is 1.98. The van der Waals surface area contributed by atoms with E-state index in [0.29, 0.717) is 16.6 Å². The smallest absolute Gasteiger partial charge is 0.435 e. The summed E-state index contributed by atoms with van der Waals surface area (Å²) < 4.78 is 80.2. The Hall–Kier alpha value is -3.18. The number of alkyl halides is 6. The Labute approximate surface area is 189 Å². The Morgan fingerprint density at radius 3 is 2.18 bits per heavy atom. The average molecular weight is 508 g/mol. The number of halogens is 8.